The van der Waals surface area contributed by atoms with Crippen LogP contribution in [0.1, 0.15) is 5.56 Å². The number of nitrogens with one attached hydrogen (secondary N) is 1. The lowest BCUT2D eigenvalue weighted by atomic mass is 10.2. The molecule has 10 heteroatoms. The molecule has 1 heterocycles. The van der Waals surface area contributed by atoms with Gasteiger partial charge in [-0.2, -0.15) is 13.2 Å². The molecule has 1 N–H and O–H groups in total. The van der Waals surface area contributed by atoms with Crippen LogP contribution in [-0.4, -0.2) is 28.2 Å². The van der Waals surface area contributed by atoms with E-state index in [9.17, 15) is 27.2 Å². The van der Waals surface area contributed by atoms with Crippen LogP contribution in [0.25, 0.3) is 10.9 Å². The van der Waals surface area contributed by atoms with Crippen molar-refractivity contribution in [1.82, 2.24) is 14.9 Å². The van der Waals surface area contributed by atoms with Crippen LogP contribution in [0.2, 0.25) is 0 Å². The molecule has 3 aromatic rings. The van der Waals surface area contributed by atoms with Crippen LogP contribution in [-0.2, 0) is 17.9 Å². The monoisotopic (exact) mass is 409 g/mol. The normalized spacial score (nSPS) is 11.4. The second kappa shape index (κ2) is 8.29. The van der Waals surface area contributed by atoms with Crippen molar-refractivity contribution in [1.29, 1.82) is 0 Å². The van der Waals surface area contributed by atoms with E-state index in [1.54, 1.807) is 0 Å². The Morgan fingerprint density at radius 2 is 1.86 bits per heavy atom. The molecule has 152 valence electrons. The molecule has 0 saturated heterocycles. The van der Waals surface area contributed by atoms with Crippen LogP contribution in [0.4, 0.5) is 17.6 Å². The van der Waals surface area contributed by atoms with Crippen molar-refractivity contribution < 1.29 is 27.1 Å². The fraction of sp³-hybridized carbons (Fsp3) is 0.211. The van der Waals surface area contributed by atoms with Crippen LogP contribution in [0.5, 0.6) is 5.75 Å². The van der Waals surface area contributed by atoms with Gasteiger partial charge in [-0.25, -0.2) is 9.37 Å². The van der Waals surface area contributed by atoms with E-state index in [0.717, 1.165) is 10.6 Å². The predicted molar refractivity (Wildman–Crippen MR) is 95.8 cm³/mol. The zero-order valence-corrected chi connectivity index (χ0v) is 14.9. The van der Waals surface area contributed by atoms with Crippen molar-refractivity contribution >= 4 is 16.8 Å². The first-order valence-electron chi connectivity index (χ1n) is 8.41. The fourth-order valence-corrected chi connectivity index (χ4v) is 2.52. The lowest BCUT2D eigenvalue weighted by Gasteiger charge is -2.10. The Balaban J connectivity index is 1.58. The Hall–Kier alpha value is -3.43. The number of rotatable bonds is 6. The van der Waals surface area contributed by atoms with Crippen molar-refractivity contribution in [2.24, 2.45) is 0 Å². The Kier molecular flexibility index (Phi) is 5.81. The van der Waals surface area contributed by atoms with Gasteiger partial charge in [0.25, 0.3) is 5.56 Å². The summed E-state index contributed by atoms with van der Waals surface area (Å²) >= 11 is 0. The van der Waals surface area contributed by atoms with E-state index < -0.39 is 30.1 Å². The third-order valence-electron chi connectivity index (χ3n) is 3.92. The van der Waals surface area contributed by atoms with Crippen LogP contribution in [0, 0.1) is 5.82 Å². The fourth-order valence-electron chi connectivity index (χ4n) is 2.52. The molecule has 0 unspecified atom stereocenters. The zero-order valence-electron chi connectivity index (χ0n) is 14.9. The molecule has 6 nitrogen and oxygen atoms in total. The summed E-state index contributed by atoms with van der Waals surface area (Å²) in [6.07, 6.45) is -3.22. The smallest absolute Gasteiger partial charge is 0.422 e. The number of alkyl halides is 3. The minimum atomic E-state index is -4.42. The van der Waals surface area contributed by atoms with Gasteiger partial charge in [0, 0.05) is 6.54 Å². The lowest BCUT2D eigenvalue weighted by molar-refractivity contribution is -0.153. The summed E-state index contributed by atoms with van der Waals surface area (Å²) in [5, 5.41) is 2.65. The van der Waals surface area contributed by atoms with Gasteiger partial charge < -0.3 is 10.1 Å². The number of hydrogen-bond acceptors (Lipinski definition) is 4. The second-order valence-corrected chi connectivity index (χ2v) is 6.16. The summed E-state index contributed by atoms with van der Waals surface area (Å²) in [7, 11) is 0. The highest BCUT2D eigenvalue weighted by molar-refractivity contribution is 5.79. The van der Waals surface area contributed by atoms with Crippen molar-refractivity contribution in [3.05, 3.63) is 70.5 Å². The van der Waals surface area contributed by atoms with E-state index in [-0.39, 0.29) is 24.2 Å². The van der Waals surface area contributed by atoms with Crippen molar-refractivity contribution in [3.63, 3.8) is 0 Å². The number of ether oxygens (including phenoxy) is 1. The van der Waals surface area contributed by atoms with Gasteiger partial charge in [0.15, 0.2) is 6.61 Å². The summed E-state index contributed by atoms with van der Waals surface area (Å²) in [6, 6.07) is 9.36. The number of benzene rings is 2. The number of carbonyl (C=O) groups excluding carboxylic acids is 1. The highest BCUT2D eigenvalue weighted by Crippen LogP contribution is 2.18. The molecule has 0 spiro atoms. The van der Waals surface area contributed by atoms with Crippen molar-refractivity contribution in [2.45, 2.75) is 19.3 Å². The van der Waals surface area contributed by atoms with Crippen molar-refractivity contribution in [3.8, 4) is 5.75 Å². The van der Waals surface area contributed by atoms with Gasteiger partial charge in [-0.05, 0) is 35.9 Å². The van der Waals surface area contributed by atoms with E-state index in [1.807, 2.05) is 0 Å². The predicted octanol–water partition coefficient (Wildman–Crippen LogP) is 2.79. The largest absolute Gasteiger partial charge is 0.484 e. The first kappa shape index (κ1) is 20.3. The third kappa shape index (κ3) is 5.53. The van der Waals surface area contributed by atoms with Crippen molar-refractivity contribution in [2.75, 3.05) is 6.61 Å². The van der Waals surface area contributed by atoms with E-state index in [4.69, 9.17) is 0 Å². The Labute approximate surface area is 161 Å². The van der Waals surface area contributed by atoms with Gasteiger partial charge in [0.2, 0.25) is 5.91 Å². The minimum Gasteiger partial charge on any atom is -0.484 e. The molecule has 0 fully saturated rings. The van der Waals surface area contributed by atoms with Crippen LogP contribution < -0.4 is 15.6 Å². The molecule has 0 atom stereocenters. The second-order valence-electron chi connectivity index (χ2n) is 6.16. The molecule has 1 amide bonds. The summed E-state index contributed by atoms with van der Waals surface area (Å²) in [5.41, 5.74) is 0.403. The number of hydrogen-bond donors (Lipinski definition) is 1. The number of nitrogens with zero attached hydrogens (tertiary/aromatic N) is 2. The summed E-state index contributed by atoms with van der Waals surface area (Å²) in [4.78, 5) is 28.5. The van der Waals surface area contributed by atoms with E-state index in [2.05, 4.69) is 15.0 Å². The standard InChI is InChI=1S/C19H15F4N3O3/c20-13-3-6-16-15(7-13)18(28)26(11-25-16)9-17(27)24-8-12-1-4-14(5-2-12)29-10-19(21,22)23/h1-7,11H,8-10H2,(H,24,27). The number of fused-ring (bicyclic) bond motifs is 1. The average Bonchev–Trinajstić information content (AvgIpc) is 2.67. The van der Waals surface area contributed by atoms with Gasteiger partial charge in [-0.15, -0.1) is 0 Å². The number of halogens is 4. The van der Waals surface area contributed by atoms with Gasteiger partial charge >= 0.3 is 6.18 Å². The Morgan fingerprint density at radius 3 is 2.55 bits per heavy atom. The summed E-state index contributed by atoms with van der Waals surface area (Å²) in [6.45, 7) is -1.60. The van der Waals surface area contributed by atoms with Gasteiger partial charge in [0.1, 0.15) is 18.1 Å². The first-order valence-corrected chi connectivity index (χ1v) is 8.41. The van der Waals surface area contributed by atoms with Gasteiger partial charge in [-0.3, -0.25) is 14.2 Å². The quantitative estimate of drug-likeness (QED) is 0.636. The molecule has 2 aromatic carbocycles. The first-order chi connectivity index (χ1) is 13.7. The summed E-state index contributed by atoms with van der Waals surface area (Å²) in [5.74, 6) is -1.01. The zero-order chi connectivity index (χ0) is 21.0. The molecule has 0 radical (unpaired) electrons. The number of carbonyl (C=O) groups is 1. The van der Waals surface area contributed by atoms with Gasteiger partial charge in [0.05, 0.1) is 17.2 Å². The Bertz CT molecular complexity index is 1080. The highest BCUT2D eigenvalue weighted by Gasteiger charge is 2.28. The minimum absolute atomic E-state index is 0.0541. The molecule has 29 heavy (non-hydrogen) atoms. The Morgan fingerprint density at radius 1 is 1.14 bits per heavy atom. The number of amides is 1. The molecular formula is C19H15F4N3O3. The maximum absolute atomic E-state index is 13.3. The van der Waals surface area contributed by atoms with Crippen LogP contribution >= 0.6 is 0 Å². The molecule has 0 bridgehead atoms. The van der Waals surface area contributed by atoms with Gasteiger partial charge in [-0.1, -0.05) is 12.1 Å². The molecule has 0 aliphatic carbocycles. The topological polar surface area (TPSA) is 73.2 Å². The highest BCUT2D eigenvalue weighted by atomic mass is 19.4. The maximum Gasteiger partial charge on any atom is 0.422 e. The molecule has 0 saturated carbocycles. The molecular weight excluding hydrogens is 394 g/mol. The van der Waals surface area contributed by atoms with E-state index in [0.29, 0.717) is 11.1 Å². The van der Waals surface area contributed by atoms with Crippen LogP contribution in [0.3, 0.4) is 0 Å². The molecule has 3 rings (SSSR count). The molecule has 0 aliphatic rings. The maximum atomic E-state index is 13.3. The SMILES string of the molecule is O=C(Cn1cnc2ccc(F)cc2c1=O)NCc1ccc(OCC(F)(F)F)cc1. The van der Waals surface area contributed by atoms with Crippen LogP contribution in [0.15, 0.2) is 53.6 Å². The average molecular weight is 409 g/mol. The third-order valence-corrected chi connectivity index (χ3v) is 3.92. The molecule has 1 aromatic heterocycles. The van der Waals surface area contributed by atoms with E-state index >= 15 is 0 Å². The molecule has 0 aliphatic heterocycles. The summed E-state index contributed by atoms with van der Waals surface area (Å²) < 4.78 is 55.4. The van der Waals surface area contributed by atoms with E-state index in [1.165, 1.54) is 42.7 Å². The lowest BCUT2D eigenvalue weighted by Crippen LogP contribution is -2.32. The number of aromatic nitrogens is 2.